The van der Waals surface area contributed by atoms with Crippen molar-refractivity contribution >= 4 is 5.82 Å². The Morgan fingerprint density at radius 2 is 2.12 bits per heavy atom. The maximum atomic E-state index is 4.54. The fraction of sp³-hybridized carbons (Fsp3) is 0.643. The maximum Gasteiger partial charge on any atom is 0.126 e. The molecule has 0 bridgehead atoms. The van der Waals surface area contributed by atoms with Crippen molar-refractivity contribution in [1.29, 1.82) is 0 Å². The van der Waals surface area contributed by atoms with E-state index >= 15 is 0 Å². The Balaban J connectivity index is 1.66. The van der Waals surface area contributed by atoms with Crippen molar-refractivity contribution in [2.75, 3.05) is 18.9 Å². The zero-order valence-electron chi connectivity index (χ0n) is 10.5. The van der Waals surface area contributed by atoms with E-state index < -0.39 is 0 Å². The molecule has 1 aliphatic carbocycles. The molecule has 1 atom stereocenters. The highest BCUT2D eigenvalue weighted by atomic mass is 15.1. The third-order valence-electron chi connectivity index (χ3n) is 4.15. The Hall–Kier alpha value is -1.09. The van der Waals surface area contributed by atoms with E-state index in [4.69, 9.17) is 0 Å². The summed E-state index contributed by atoms with van der Waals surface area (Å²) in [5.74, 6) is 1.04. The number of nitrogens with zero attached hydrogens (tertiary/aromatic N) is 2. The van der Waals surface area contributed by atoms with E-state index in [1.807, 2.05) is 6.20 Å². The van der Waals surface area contributed by atoms with E-state index in [1.54, 1.807) is 0 Å². The van der Waals surface area contributed by atoms with Crippen LogP contribution in [0.4, 0.5) is 5.82 Å². The Kier molecular flexibility index (Phi) is 3.02. The number of pyridine rings is 1. The molecule has 1 aliphatic heterocycles. The first-order valence-corrected chi connectivity index (χ1v) is 6.75. The molecule has 1 saturated heterocycles. The van der Waals surface area contributed by atoms with Crippen molar-refractivity contribution in [3.63, 3.8) is 0 Å². The molecule has 1 N–H and O–H groups in total. The molecule has 0 radical (unpaired) electrons. The van der Waals surface area contributed by atoms with Gasteiger partial charge in [-0.1, -0.05) is 6.07 Å². The molecule has 1 aromatic heterocycles. The van der Waals surface area contributed by atoms with Gasteiger partial charge in [0.1, 0.15) is 5.82 Å². The van der Waals surface area contributed by atoms with Crippen LogP contribution in [0.5, 0.6) is 0 Å². The second-order valence-corrected chi connectivity index (χ2v) is 5.39. The molecular weight excluding hydrogens is 210 g/mol. The molecule has 17 heavy (non-hydrogen) atoms. The van der Waals surface area contributed by atoms with E-state index in [2.05, 4.69) is 34.4 Å². The lowest BCUT2D eigenvalue weighted by molar-refractivity contribution is 0.317. The quantitative estimate of drug-likeness (QED) is 0.867. The molecule has 2 heterocycles. The van der Waals surface area contributed by atoms with Crippen LogP contribution >= 0.6 is 0 Å². The Labute approximate surface area is 103 Å². The van der Waals surface area contributed by atoms with Crippen LogP contribution in [0.2, 0.25) is 0 Å². The largest absolute Gasteiger partial charge is 0.367 e. The van der Waals surface area contributed by atoms with Crippen molar-refractivity contribution in [3.05, 3.63) is 23.9 Å². The van der Waals surface area contributed by atoms with Gasteiger partial charge in [-0.2, -0.15) is 0 Å². The van der Waals surface area contributed by atoms with Gasteiger partial charge in [-0.15, -0.1) is 0 Å². The van der Waals surface area contributed by atoms with Gasteiger partial charge in [-0.3, -0.25) is 4.90 Å². The van der Waals surface area contributed by atoms with E-state index in [0.29, 0.717) is 12.1 Å². The van der Waals surface area contributed by atoms with Crippen molar-refractivity contribution in [2.45, 2.75) is 44.2 Å². The molecule has 1 saturated carbocycles. The average molecular weight is 231 g/mol. The van der Waals surface area contributed by atoms with Crippen LogP contribution in [0.15, 0.2) is 18.3 Å². The second kappa shape index (κ2) is 4.65. The summed E-state index contributed by atoms with van der Waals surface area (Å²) in [4.78, 5) is 6.97. The molecule has 3 heteroatoms. The van der Waals surface area contributed by atoms with Crippen molar-refractivity contribution in [3.8, 4) is 0 Å². The fourth-order valence-corrected chi connectivity index (χ4v) is 2.78. The molecule has 92 valence electrons. The number of hydrogen-bond acceptors (Lipinski definition) is 3. The number of hydrogen-bond donors (Lipinski definition) is 1. The van der Waals surface area contributed by atoms with Crippen LogP contribution in [0.3, 0.4) is 0 Å². The van der Waals surface area contributed by atoms with Gasteiger partial charge >= 0.3 is 0 Å². The zero-order valence-corrected chi connectivity index (χ0v) is 10.5. The normalized spacial score (nSPS) is 25.8. The van der Waals surface area contributed by atoms with Crippen LogP contribution in [0, 0.1) is 0 Å². The first kappa shape index (κ1) is 11.0. The van der Waals surface area contributed by atoms with Gasteiger partial charge in [0.25, 0.3) is 0 Å². The van der Waals surface area contributed by atoms with Crippen LogP contribution in [-0.4, -0.2) is 29.5 Å². The standard InChI is InChI=1S/C14H21N3/c1-17-9-3-6-13(17)11-7-8-14(15-10-11)16-12-4-2-5-12/h7-8,10,12-13H,2-6,9H2,1H3,(H,15,16)/t13-/m0/s1. The topological polar surface area (TPSA) is 28.2 Å². The van der Waals surface area contributed by atoms with Crippen LogP contribution in [0.25, 0.3) is 0 Å². The summed E-state index contributed by atoms with van der Waals surface area (Å²) < 4.78 is 0. The molecule has 2 aliphatic rings. The van der Waals surface area contributed by atoms with E-state index in [0.717, 1.165) is 5.82 Å². The number of anilines is 1. The summed E-state index contributed by atoms with van der Waals surface area (Å²) in [6.07, 6.45) is 8.59. The Bertz CT molecular complexity index is 370. The van der Waals surface area contributed by atoms with Gasteiger partial charge in [-0.05, 0) is 57.3 Å². The predicted octanol–water partition coefficient (Wildman–Crippen LogP) is 2.81. The summed E-state index contributed by atoms with van der Waals surface area (Å²) in [5, 5.41) is 3.48. The van der Waals surface area contributed by atoms with Crippen LogP contribution in [0.1, 0.15) is 43.7 Å². The lowest BCUT2D eigenvalue weighted by Gasteiger charge is -2.27. The summed E-state index contributed by atoms with van der Waals surface area (Å²) in [6.45, 7) is 1.22. The van der Waals surface area contributed by atoms with Gasteiger partial charge in [0.2, 0.25) is 0 Å². The van der Waals surface area contributed by atoms with Gasteiger partial charge < -0.3 is 5.32 Å². The average Bonchev–Trinajstić information content (AvgIpc) is 2.71. The van der Waals surface area contributed by atoms with Crippen molar-refractivity contribution in [2.24, 2.45) is 0 Å². The monoisotopic (exact) mass is 231 g/mol. The maximum absolute atomic E-state index is 4.54. The smallest absolute Gasteiger partial charge is 0.126 e. The molecular formula is C14H21N3. The Morgan fingerprint density at radius 3 is 2.65 bits per heavy atom. The van der Waals surface area contributed by atoms with Crippen molar-refractivity contribution < 1.29 is 0 Å². The second-order valence-electron chi connectivity index (χ2n) is 5.39. The Morgan fingerprint density at radius 1 is 1.24 bits per heavy atom. The first-order chi connectivity index (χ1) is 8.33. The summed E-state index contributed by atoms with van der Waals surface area (Å²) in [7, 11) is 2.21. The van der Waals surface area contributed by atoms with Gasteiger partial charge in [-0.25, -0.2) is 4.98 Å². The van der Waals surface area contributed by atoms with Gasteiger partial charge in [0.15, 0.2) is 0 Å². The minimum Gasteiger partial charge on any atom is -0.367 e. The minimum absolute atomic E-state index is 0.584. The minimum atomic E-state index is 0.584. The SMILES string of the molecule is CN1CCC[C@H]1c1ccc(NC2CCC2)nc1. The van der Waals surface area contributed by atoms with E-state index in [1.165, 1.54) is 44.2 Å². The lowest BCUT2D eigenvalue weighted by atomic mass is 9.93. The molecule has 2 fully saturated rings. The predicted molar refractivity (Wildman–Crippen MR) is 70.1 cm³/mol. The summed E-state index contributed by atoms with van der Waals surface area (Å²) >= 11 is 0. The molecule has 0 spiro atoms. The number of aromatic nitrogens is 1. The van der Waals surface area contributed by atoms with Gasteiger partial charge in [0, 0.05) is 18.3 Å². The highest BCUT2D eigenvalue weighted by molar-refractivity contribution is 5.38. The van der Waals surface area contributed by atoms with Gasteiger partial charge in [0.05, 0.1) is 0 Å². The number of rotatable bonds is 3. The number of likely N-dealkylation sites (tertiary alicyclic amines) is 1. The summed E-state index contributed by atoms with van der Waals surface area (Å²) in [6, 6.07) is 5.63. The lowest BCUT2D eigenvalue weighted by Crippen LogP contribution is -2.27. The molecule has 1 aromatic rings. The summed E-state index contributed by atoms with van der Waals surface area (Å²) in [5.41, 5.74) is 1.36. The molecule has 3 rings (SSSR count). The van der Waals surface area contributed by atoms with Crippen LogP contribution in [-0.2, 0) is 0 Å². The highest BCUT2D eigenvalue weighted by Crippen LogP contribution is 2.30. The fourth-order valence-electron chi connectivity index (χ4n) is 2.78. The number of nitrogens with one attached hydrogen (secondary N) is 1. The molecule has 0 aromatic carbocycles. The molecule has 0 amide bonds. The third kappa shape index (κ3) is 2.29. The van der Waals surface area contributed by atoms with E-state index in [9.17, 15) is 0 Å². The highest BCUT2D eigenvalue weighted by Gasteiger charge is 2.23. The first-order valence-electron chi connectivity index (χ1n) is 6.75. The zero-order chi connectivity index (χ0) is 11.7. The van der Waals surface area contributed by atoms with E-state index in [-0.39, 0.29) is 0 Å². The molecule has 0 unspecified atom stereocenters. The molecule has 3 nitrogen and oxygen atoms in total. The van der Waals surface area contributed by atoms with Crippen LogP contribution < -0.4 is 5.32 Å². The van der Waals surface area contributed by atoms with Crippen molar-refractivity contribution in [1.82, 2.24) is 9.88 Å². The third-order valence-corrected chi connectivity index (χ3v) is 4.15.